The number of unbranched alkanes of at least 4 members (excludes halogenated alkanes) is 4. The maximum Gasteiger partial charge on any atom is 0.500 e. The zero-order valence-electron chi connectivity index (χ0n) is 15.1. The first kappa shape index (κ1) is 19.1. The maximum atomic E-state index is 5.45. The van der Waals surface area contributed by atoms with Crippen LogP contribution in [0.2, 0.25) is 6.04 Å². The Hall–Kier alpha value is -1.27. The van der Waals surface area contributed by atoms with E-state index in [9.17, 15) is 0 Å². The molecule has 5 heteroatoms. The lowest BCUT2D eigenvalue weighted by atomic mass is 10.0. The predicted octanol–water partition coefficient (Wildman–Crippen LogP) is 4.61. The summed E-state index contributed by atoms with van der Waals surface area (Å²) in [6, 6.07) is 11.4. The topological polar surface area (TPSA) is 40.6 Å². The third kappa shape index (κ3) is 5.11. The van der Waals surface area contributed by atoms with Crippen LogP contribution in [-0.4, -0.2) is 35.1 Å². The average Bonchev–Trinajstić information content (AvgIpc) is 2.65. The number of aryl methyl sites for hydroxylation is 1. The van der Waals surface area contributed by atoms with Crippen molar-refractivity contribution in [3.05, 3.63) is 42.1 Å². The molecule has 0 aliphatic heterocycles. The number of benzene rings is 1. The lowest BCUT2D eigenvalue weighted by Gasteiger charge is -2.24. The molecule has 0 saturated heterocycles. The molecule has 0 aliphatic carbocycles. The molecule has 1 aromatic heterocycles. The highest BCUT2D eigenvalue weighted by atomic mass is 28.4. The molecule has 132 valence electrons. The van der Waals surface area contributed by atoms with E-state index >= 15 is 0 Å². The molecule has 0 bridgehead atoms. The summed E-state index contributed by atoms with van der Waals surface area (Å²) in [6.45, 7) is 0. The molecule has 0 unspecified atom stereocenters. The van der Waals surface area contributed by atoms with Crippen molar-refractivity contribution in [3.8, 4) is 0 Å². The van der Waals surface area contributed by atoms with Gasteiger partial charge in [-0.25, -0.2) is 0 Å². The normalized spacial score (nSPS) is 12.0. The van der Waals surface area contributed by atoms with Crippen LogP contribution in [0.4, 0.5) is 0 Å². The summed E-state index contributed by atoms with van der Waals surface area (Å²) in [6.07, 6.45) is 9.04. The van der Waals surface area contributed by atoms with Crippen LogP contribution in [-0.2, 0) is 19.7 Å². The third-order valence-electron chi connectivity index (χ3n) is 4.60. The van der Waals surface area contributed by atoms with E-state index in [2.05, 4.69) is 29.2 Å². The number of para-hydroxylation sites is 1. The van der Waals surface area contributed by atoms with Gasteiger partial charge in [0.25, 0.3) is 0 Å². The molecule has 0 amide bonds. The van der Waals surface area contributed by atoms with Crippen LogP contribution in [0.1, 0.15) is 37.7 Å². The van der Waals surface area contributed by atoms with E-state index < -0.39 is 8.80 Å². The van der Waals surface area contributed by atoms with Crippen LogP contribution < -0.4 is 0 Å². The second-order valence-electron chi connectivity index (χ2n) is 6.05. The molecular formula is C19H29NO3Si. The number of nitrogens with zero attached hydrogens (tertiary/aromatic N) is 1. The number of aromatic nitrogens is 1. The minimum Gasteiger partial charge on any atom is -0.377 e. The van der Waals surface area contributed by atoms with Crippen LogP contribution in [0, 0.1) is 0 Å². The van der Waals surface area contributed by atoms with Gasteiger partial charge in [0.1, 0.15) is 0 Å². The van der Waals surface area contributed by atoms with Crippen LogP contribution in [0.5, 0.6) is 0 Å². The fourth-order valence-electron chi connectivity index (χ4n) is 3.12. The standard InChI is InChI=1S/C19H29NO3Si/c1-21-24(22-2,23-3)16-10-6-4-5-7-11-17-14-15-20-19-13-9-8-12-18(17)19/h8-9,12-15H,4-7,10-11,16H2,1-3H3. The van der Waals surface area contributed by atoms with E-state index in [0.717, 1.165) is 24.4 Å². The van der Waals surface area contributed by atoms with E-state index in [1.54, 1.807) is 21.3 Å². The number of hydrogen-bond acceptors (Lipinski definition) is 4. The second kappa shape index (κ2) is 9.89. The summed E-state index contributed by atoms with van der Waals surface area (Å²) in [4.78, 5) is 4.43. The summed E-state index contributed by atoms with van der Waals surface area (Å²) < 4.78 is 16.4. The molecule has 0 aliphatic rings. The monoisotopic (exact) mass is 347 g/mol. The smallest absolute Gasteiger partial charge is 0.377 e. The lowest BCUT2D eigenvalue weighted by molar-refractivity contribution is 0.122. The van der Waals surface area contributed by atoms with Gasteiger partial charge < -0.3 is 13.3 Å². The Bertz CT molecular complexity index is 603. The number of pyridine rings is 1. The van der Waals surface area contributed by atoms with Crippen molar-refractivity contribution >= 4 is 19.7 Å². The first-order valence-electron chi connectivity index (χ1n) is 8.73. The van der Waals surface area contributed by atoms with Crippen LogP contribution in [0.25, 0.3) is 10.9 Å². The maximum absolute atomic E-state index is 5.45. The zero-order valence-corrected chi connectivity index (χ0v) is 16.1. The minimum atomic E-state index is -2.38. The van der Waals surface area contributed by atoms with Crippen LogP contribution >= 0.6 is 0 Å². The fraction of sp³-hybridized carbons (Fsp3) is 0.526. The SMILES string of the molecule is CO[Si](CCCCCCCc1ccnc2ccccc12)(OC)OC. The predicted molar refractivity (Wildman–Crippen MR) is 100 cm³/mol. The van der Waals surface area contributed by atoms with Gasteiger partial charge in [-0.1, -0.05) is 37.5 Å². The molecule has 2 rings (SSSR count). The Morgan fingerprint density at radius 3 is 2.25 bits per heavy atom. The quantitative estimate of drug-likeness (QED) is 0.440. The van der Waals surface area contributed by atoms with Gasteiger partial charge in [-0.15, -0.1) is 0 Å². The van der Waals surface area contributed by atoms with Gasteiger partial charge >= 0.3 is 8.80 Å². The average molecular weight is 348 g/mol. The molecule has 1 heterocycles. The van der Waals surface area contributed by atoms with Crippen molar-refractivity contribution in [2.75, 3.05) is 21.3 Å². The summed E-state index contributed by atoms with van der Waals surface area (Å²) in [5, 5.41) is 1.29. The first-order chi connectivity index (χ1) is 11.7. The molecule has 0 saturated carbocycles. The van der Waals surface area contributed by atoms with Gasteiger partial charge in [-0.3, -0.25) is 4.98 Å². The number of rotatable bonds is 11. The van der Waals surface area contributed by atoms with Gasteiger partial charge in [0.05, 0.1) is 5.52 Å². The highest BCUT2D eigenvalue weighted by Gasteiger charge is 2.36. The molecular weight excluding hydrogens is 318 g/mol. The van der Waals surface area contributed by atoms with Crippen molar-refractivity contribution in [1.82, 2.24) is 4.98 Å². The molecule has 0 atom stereocenters. The van der Waals surface area contributed by atoms with E-state index in [0.29, 0.717) is 0 Å². The van der Waals surface area contributed by atoms with Crippen molar-refractivity contribution in [2.24, 2.45) is 0 Å². The van der Waals surface area contributed by atoms with Crippen LogP contribution in [0.15, 0.2) is 36.5 Å². The first-order valence-corrected chi connectivity index (χ1v) is 10.7. The highest BCUT2D eigenvalue weighted by molar-refractivity contribution is 6.60. The lowest BCUT2D eigenvalue weighted by Crippen LogP contribution is -2.42. The summed E-state index contributed by atoms with van der Waals surface area (Å²) in [5.74, 6) is 0. The second-order valence-corrected chi connectivity index (χ2v) is 9.14. The minimum absolute atomic E-state index is 0.894. The van der Waals surface area contributed by atoms with E-state index in [4.69, 9.17) is 13.3 Å². The molecule has 24 heavy (non-hydrogen) atoms. The Kier molecular flexibility index (Phi) is 7.85. The zero-order chi connectivity index (χ0) is 17.3. The summed E-state index contributed by atoms with van der Waals surface area (Å²) >= 11 is 0. The molecule has 4 nitrogen and oxygen atoms in total. The van der Waals surface area contributed by atoms with Crippen molar-refractivity contribution in [2.45, 2.75) is 44.6 Å². The Morgan fingerprint density at radius 1 is 0.833 bits per heavy atom. The van der Waals surface area contributed by atoms with Gasteiger partial charge in [0.2, 0.25) is 0 Å². The Labute approximate surface area is 146 Å². The largest absolute Gasteiger partial charge is 0.500 e. The van der Waals surface area contributed by atoms with Gasteiger partial charge in [-0.05, 0) is 37.0 Å². The fourth-order valence-corrected chi connectivity index (χ4v) is 4.91. The number of hydrogen-bond donors (Lipinski definition) is 0. The van der Waals surface area contributed by atoms with E-state index in [1.165, 1.54) is 36.6 Å². The van der Waals surface area contributed by atoms with Crippen molar-refractivity contribution < 1.29 is 13.3 Å². The van der Waals surface area contributed by atoms with Gasteiger partial charge in [-0.2, -0.15) is 0 Å². The summed E-state index contributed by atoms with van der Waals surface area (Å²) in [5.41, 5.74) is 2.50. The molecule has 0 fully saturated rings. The Morgan fingerprint density at radius 2 is 1.50 bits per heavy atom. The highest BCUT2D eigenvalue weighted by Crippen LogP contribution is 2.20. The molecule has 1 aromatic carbocycles. The van der Waals surface area contributed by atoms with Crippen LogP contribution in [0.3, 0.4) is 0 Å². The van der Waals surface area contributed by atoms with Gasteiger partial charge in [0.15, 0.2) is 0 Å². The number of fused-ring (bicyclic) bond motifs is 1. The molecule has 0 spiro atoms. The Balaban J connectivity index is 1.68. The van der Waals surface area contributed by atoms with Crippen molar-refractivity contribution in [1.29, 1.82) is 0 Å². The van der Waals surface area contributed by atoms with Gasteiger partial charge in [0, 0.05) is 39.0 Å². The molecule has 2 aromatic rings. The third-order valence-corrected chi connectivity index (χ3v) is 7.43. The van der Waals surface area contributed by atoms with Crippen molar-refractivity contribution in [3.63, 3.8) is 0 Å². The van der Waals surface area contributed by atoms with E-state index in [1.807, 2.05) is 12.3 Å². The molecule has 0 radical (unpaired) electrons. The summed E-state index contributed by atoms with van der Waals surface area (Å²) in [7, 11) is 2.66. The van der Waals surface area contributed by atoms with E-state index in [-0.39, 0.29) is 0 Å². The molecule has 0 N–H and O–H groups in total.